The number of rotatable bonds is 6. The van der Waals surface area contributed by atoms with Gasteiger partial charge < -0.3 is 16.0 Å². The molecule has 7 heteroatoms. The summed E-state index contributed by atoms with van der Waals surface area (Å²) < 4.78 is 0. The van der Waals surface area contributed by atoms with E-state index in [1.165, 1.54) is 12.8 Å². The van der Waals surface area contributed by atoms with Crippen molar-refractivity contribution in [3.8, 4) is 0 Å². The first-order valence-corrected chi connectivity index (χ1v) is 9.91. The summed E-state index contributed by atoms with van der Waals surface area (Å²) in [5.74, 6) is 0.866. The minimum Gasteiger partial charge on any atom is -0.352 e. The quantitative estimate of drug-likeness (QED) is 0.726. The van der Waals surface area contributed by atoms with Gasteiger partial charge in [0.25, 0.3) is 0 Å². The number of amides is 2. The van der Waals surface area contributed by atoms with Crippen LogP contribution in [0.1, 0.15) is 59.3 Å². The molecule has 3 unspecified atom stereocenters. The van der Waals surface area contributed by atoms with Crippen LogP contribution in [-0.4, -0.2) is 65.9 Å². The van der Waals surface area contributed by atoms with Crippen molar-refractivity contribution >= 4 is 24.2 Å². The summed E-state index contributed by atoms with van der Waals surface area (Å²) in [6, 6.07) is 0.339. The zero-order valence-corrected chi connectivity index (χ0v) is 17.4. The van der Waals surface area contributed by atoms with Gasteiger partial charge in [0, 0.05) is 32.2 Å². The Morgan fingerprint density at radius 1 is 1.19 bits per heavy atom. The highest BCUT2D eigenvalue weighted by atomic mass is 35.5. The van der Waals surface area contributed by atoms with Crippen molar-refractivity contribution in [3.05, 3.63) is 0 Å². The van der Waals surface area contributed by atoms with E-state index < -0.39 is 5.54 Å². The van der Waals surface area contributed by atoms with E-state index in [4.69, 9.17) is 5.73 Å². The molecule has 26 heavy (non-hydrogen) atoms. The fraction of sp³-hybridized carbons (Fsp3) is 0.895. The first-order chi connectivity index (χ1) is 11.8. The van der Waals surface area contributed by atoms with Gasteiger partial charge in [0.2, 0.25) is 11.8 Å². The topological polar surface area (TPSA) is 78.7 Å². The second-order valence-corrected chi connectivity index (χ2v) is 8.27. The zero-order valence-electron chi connectivity index (χ0n) is 16.6. The lowest BCUT2D eigenvalue weighted by atomic mass is 9.87. The average Bonchev–Trinajstić information content (AvgIpc) is 2.54. The maximum atomic E-state index is 12.5. The molecule has 1 saturated carbocycles. The van der Waals surface area contributed by atoms with E-state index in [9.17, 15) is 9.59 Å². The van der Waals surface area contributed by atoms with Crippen LogP contribution in [0.25, 0.3) is 0 Å². The minimum absolute atomic E-state index is 0. The monoisotopic (exact) mass is 388 g/mol. The zero-order chi connectivity index (χ0) is 18.4. The highest BCUT2D eigenvalue weighted by Crippen LogP contribution is 2.23. The molecule has 0 aromatic carbocycles. The van der Waals surface area contributed by atoms with Gasteiger partial charge in [0.05, 0.1) is 12.1 Å². The number of hydrogen-bond donors (Lipinski definition) is 2. The van der Waals surface area contributed by atoms with E-state index in [0.29, 0.717) is 38.0 Å². The Kier molecular flexibility index (Phi) is 9.34. The van der Waals surface area contributed by atoms with Gasteiger partial charge in [-0.15, -0.1) is 12.4 Å². The van der Waals surface area contributed by atoms with Crippen LogP contribution in [0.5, 0.6) is 0 Å². The van der Waals surface area contributed by atoms with Crippen LogP contribution in [0.2, 0.25) is 0 Å². The van der Waals surface area contributed by atoms with Gasteiger partial charge in [0.15, 0.2) is 0 Å². The Labute approximate surface area is 164 Å². The molecule has 0 bridgehead atoms. The molecule has 0 aromatic rings. The second kappa shape index (κ2) is 10.5. The number of hydrogen-bond acceptors (Lipinski definition) is 4. The van der Waals surface area contributed by atoms with Crippen molar-refractivity contribution in [1.82, 2.24) is 15.1 Å². The molecule has 1 aliphatic carbocycles. The number of nitrogens with one attached hydrogen (secondary N) is 1. The van der Waals surface area contributed by atoms with Crippen LogP contribution in [0, 0.1) is 5.92 Å². The highest BCUT2D eigenvalue weighted by Gasteiger charge is 2.33. The van der Waals surface area contributed by atoms with E-state index in [1.807, 2.05) is 18.7 Å². The Balaban J connectivity index is 0.00000338. The third-order valence-corrected chi connectivity index (χ3v) is 5.59. The lowest BCUT2D eigenvalue weighted by Crippen LogP contribution is -2.59. The molecule has 2 amide bonds. The standard InChI is InChI=1S/C19H36N4O2.ClH/c1-4-8-19(3,20)18(25)23-11-9-22(10-12-23)14-17(24)21-16-7-5-6-15(2)13-16;/h15-16H,4-14,20H2,1-3H3,(H,21,24);1H. The Bertz CT molecular complexity index is 464. The molecular weight excluding hydrogens is 352 g/mol. The maximum Gasteiger partial charge on any atom is 0.242 e. The SMILES string of the molecule is CCCC(C)(N)C(=O)N1CCN(CC(=O)NC2CCCC(C)C2)CC1.Cl. The fourth-order valence-electron chi connectivity index (χ4n) is 4.14. The van der Waals surface area contributed by atoms with Crippen molar-refractivity contribution in [3.63, 3.8) is 0 Å². The molecule has 2 fully saturated rings. The third-order valence-electron chi connectivity index (χ3n) is 5.59. The molecule has 6 nitrogen and oxygen atoms in total. The Morgan fingerprint density at radius 3 is 2.42 bits per heavy atom. The molecule has 0 aromatic heterocycles. The number of piperazine rings is 1. The van der Waals surface area contributed by atoms with Crippen molar-refractivity contribution in [2.45, 2.75) is 70.9 Å². The lowest BCUT2D eigenvalue weighted by molar-refractivity contribution is -0.138. The summed E-state index contributed by atoms with van der Waals surface area (Å²) in [6.45, 7) is 9.35. The molecule has 2 rings (SSSR count). The number of carbonyl (C=O) groups is 2. The summed E-state index contributed by atoms with van der Waals surface area (Å²) in [6.07, 6.45) is 6.29. The molecule has 2 aliphatic rings. The van der Waals surface area contributed by atoms with Gasteiger partial charge in [0.1, 0.15) is 0 Å². The van der Waals surface area contributed by atoms with E-state index in [2.05, 4.69) is 17.1 Å². The van der Waals surface area contributed by atoms with E-state index in [1.54, 1.807) is 0 Å². The average molecular weight is 389 g/mol. The normalized spacial score (nSPS) is 26.5. The Hall–Kier alpha value is -0.850. The summed E-state index contributed by atoms with van der Waals surface area (Å²) in [5.41, 5.74) is 5.39. The molecular formula is C19H37ClN4O2. The van der Waals surface area contributed by atoms with Gasteiger partial charge >= 0.3 is 0 Å². The highest BCUT2D eigenvalue weighted by molar-refractivity contribution is 5.86. The first kappa shape index (κ1) is 23.2. The van der Waals surface area contributed by atoms with E-state index in [0.717, 1.165) is 32.4 Å². The fourth-order valence-corrected chi connectivity index (χ4v) is 4.14. The van der Waals surface area contributed by atoms with E-state index in [-0.39, 0.29) is 24.2 Å². The molecule has 1 aliphatic heterocycles. The summed E-state index contributed by atoms with van der Waals surface area (Å²) in [4.78, 5) is 28.8. The van der Waals surface area contributed by atoms with Crippen molar-refractivity contribution in [2.24, 2.45) is 11.7 Å². The van der Waals surface area contributed by atoms with Gasteiger partial charge in [-0.2, -0.15) is 0 Å². The molecule has 3 N–H and O–H groups in total. The van der Waals surface area contributed by atoms with Crippen LogP contribution in [0.3, 0.4) is 0 Å². The van der Waals surface area contributed by atoms with Gasteiger partial charge in [-0.3, -0.25) is 14.5 Å². The minimum atomic E-state index is -0.772. The largest absolute Gasteiger partial charge is 0.352 e. The Morgan fingerprint density at radius 2 is 1.85 bits per heavy atom. The van der Waals surface area contributed by atoms with Crippen LogP contribution >= 0.6 is 12.4 Å². The predicted octanol–water partition coefficient (Wildman–Crippen LogP) is 1.76. The van der Waals surface area contributed by atoms with Crippen LogP contribution in [0.4, 0.5) is 0 Å². The molecule has 152 valence electrons. The van der Waals surface area contributed by atoms with Gasteiger partial charge in [-0.1, -0.05) is 33.1 Å². The first-order valence-electron chi connectivity index (χ1n) is 9.91. The molecule has 0 radical (unpaired) electrons. The second-order valence-electron chi connectivity index (χ2n) is 8.27. The number of halogens is 1. The third kappa shape index (κ3) is 6.71. The van der Waals surface area contributed by atoms with E-state index >= 15 is 0 Å². The van der Waals surface area contributed by atoms with Gasteiger partial charge in [-0.25, -0.2) is 0 Å². The number of nitrogens with two attached hydrogens (primary N) is 1. The number of carbonyl (C=O) groups excluding carboxylic acids is 2. The molecule has 1 saturated heterocycles. The van der Waals surface area contributed by atoms with Crippen LogP contribution in [-0.2, 0) is 9.59 Å². The molecule has 3 atom stereocenters. The van der Waals surface area contributed by atoms with Crippen molar-refractivity contribution in [1.29, 1.82) is 0 Å². The summed E-state index contributed by atoms with van der Waals surface area (Å²) in [5, 5.41) is 3.19. The lowest BCUT2D eigenvalue weighted by Gasteiger charge is -2.38. The van der Waals surface area contributed by atoms with Gasteiger partial charge in [-0.05, 0) is 32.1 Å². The maximum absolute atomic E-state index is 12.5. The predicted molar refractivity (Wildman–Crippen MR) is 107 cm³/mol. The van der Waals surface area contributed by atoms with Crippen molar-refractivity contribution in [2.75, 3.05) is 32.7 Å². The molecule has 0 spiro atoms. The summed E-state index contributed by atoms with van der Waals surface area (Å²) in [7, 11) is 0. The smallest absolute Gasteiger partial charge is 0.242 e. The van der Waals surface area contributed by atoms with Crippen molar-refractivity contribution < 1.29 is 9.59 Å². The number of nitrogens with zero attached hydrogens (tertiary/aromatic N) is 2. The van der Waals surface area contributed by atoms with Crippen LogP contribution in [0.15, 0.2) is 0 Å². The van der Waals surface area contributed by atoms with Crippen LogP contribution < -0.4 is 11.1 Å². The summed E-state index contributed by atoms with van der Waals surface area (Å²) >= 11 is 0. The molecule has 1 heterocycles.